The Balaban J connectivity index is 1.73. The van der Waals surface area contributed by atoms with Gasteiger partial charge in [-0.15, -0.1) is 22.7 Å². The molecule has 0 bridgehead atoms. The monoisotopic (exact) mass is 387 g/mol. The first-order valence-electron chi connectivity index (χ1n) is 8.37. The lowest BCUT2D eigenvalue weighted by Crippen LogP contribution is -2.34. The van der Waals surface area contributed by atoms with Crippen molar-refractivity contribution in [2.45, 2.75) is 32.4 Å². The summed E-state index contributed by atoms with van der Waals surface area (Å²) in [5.74, 6) is -0.165. The minimum Gasteiger partial charge on any atom is -0.348 e. The van der Waals surface area contributed by atoms with Crippen molar-refractivity contribution in [3.63, 3.8) is 0 Å². The van der Waals surface area contributed by atoms with Crippen molar-refractivity contribution in [1.82, 2.24) is 15.2 Å². The highest BCUT2D eigenvalue weighted by Gasteiger charge is 2.25. The number of aromatic nitrogens is 1. The summed E-state index contributed by atoms with van der Waals surface area (Å²) in [6, 6.07) is 11.4. The molecular weight excluding hydrogens is 366 g/mol. The van der Waals surface area contributed by atoms with Gasteiger partial charge in [-0.25, -0.2) is 4.98 Å². The molecule has 7 heteroatoms. The number of amides is 2. The van der Waals surface area contributed by atoms with Gasteiger partial charge in [-0.2, -0.15) is 0 Å². The lowest BCUT2D eigenvalue weighted by atomic mass is 10.1. The van der Waals surface area contributed by atoms with Crippen molar-refractivity contribution >= 4 is 44.7 Å². The topological polar surface area (TPSA) is 62.3 Å². The molecule has 0 radical (unpaired) electrons. The van der Waals surface area contributed by atoms with Crippen LogP contribution in [0.5, 0.6) is 0 Å². The van der Waals surface area contributed by atoms with Crippen molar-refractivity contribution in [2.24, 2.45) is 0 Å². The Labute approximate surface area is 160 Å². The van der Waals surface area contributed by atoms with Crippen LogP contribution < -0.4 is 5.32 Å². The number of thiophene rings is 1. The number of benzene rings is 1. The van der Waals surface area contributed by atoms with Crippen molar-refractivity contribution < 1.29 is 9.59 Å². The molecule has 0 aliphatic heterocycles. The highest BCUT2D eigenvalue weighted by atomic mass is 32.1. The minimum absolute atomic E-state index is 0.0242. The second-order valence-corrected chi connectivity index (χ2v) is 8.21. The van der Waals surface area contributed by atoms with Gasteiger partial charge in [-0.05, 0) is 30.5 Å². The van der Waals surface area contributed by atoms with Crippen LogP contribution >= 0.6 is 22.7 Å². The Morgan fingerprint density at radius 1 is 1.23 bits per heavy atom. The van der Waals surface area contributed by atoms with Crippen molar-refractivity contribution in [1.29, 1.82) is 0 Å². The predicted molar refractivity (Wildman–Crippen MR) is 106 cm³/mol. The van der Waals surface area contributed by atoms with Gasteiger partial charge >= 0.3 is 0 Å². The molecule has 136 valence electrons. The van der Waals surface area contributed by atoms with Crippen LogP contribution in [0.4, 0.5) is 0 Å². The zero-order chi connectivity index (χ0) is 18.7. The zero-order valence-corrected chi connectivity index (χ0v) is 16.6. The summed E-state index contributed by atoms with van der Waals surface area (Å²) in [5, 5.41) is 5.74. The number of hydrogen-bond acceptors (Lipinski definition) is 5. The fraction of sp³-hybridized carbons (Fsp3) is 0.316. The average molecular weight is 388 g/mol. The van der Waals surface area contributed by atoms with Crippen LogP contribution in [0, 0.1) is 0 Å². The van der Waals surface area contributed by atoms with Crippen LogP contribution in [0.3, 0.4) is 0 Å². The number of para-hydroxylation sites is 1. The number of nitrogens with one attached hydrogen (secondary N) is 1. The van der Waals surface area contributed by atoms with Gasteiger partial charge in [0, 0.05) is 18.8 Å². The van der Waals surface area contributed by atoms with E-state index in [1.165, 1.54) is 18.3 Å². The summed E-state index contributed by atoms with van der Waals surface area (Å²) >= 11 is 3.14. The summed E-state index contributed by atoms with van der Waals surface area (Å²) in [4.78, 5) is 31.7. The van der Waals surface area contributed by atoms with Gasteiger partial charge in [0.1, 0.15) is 5.01 Å². The average Bonchev–Trinajstić information content (AvgIpc) is 3.28. The Bertz CT molecular complexity index is 872. The van der Waals surface area contributed by atoms with Crippen LogP contribution in [0.15, 0.2) is 41.8 Å². The van der Waals surface area contributed by atoms with Gasteiger partial charge in [0.2, 0.25) is 11.8 Å². The van der Waals surface area contributed by atoms with Crippen molar-refractivity contribution in [3.05, 3.63) is 51.7 Å². The molecule has 26 heavy (non-hydrogen) atoms. The van der Waals surface area contributed by atoms with Crippen molar-refractivity contribution in [3.8, 4) is 0 Å². The summed E-state index contributed by atoms with van der Waals surface area (Å²) in [6.07, 6.45) is 0.228. The zero-order valence-electron chi connectivity index (χ0n) is 14.9. The first kappa shape index (κ1) is 18.5. The maximum absolute atomic E-state index is 12.8. The molecule has 1 aromatic carbocycles. The Morgan fingerprint density at radius 2 is 2.00 bits per heavy atom. The highest BCUT2D eigenvalue weighted by molar-refractivity contribution is 7.18. The third kappa shape index (κ3) is 4.11. The van der Waals surface area contributed by atoms with E-state index in [2.05, 4.69) is 10.3 Å². The van der Waals surface area contributed by atoms with E-state index in [9.17, 15) is 9.59 Å². The molecule has 0 saturated carbocycles. The van der Waals surface area contributed by atoms with Crippen LogP contribution in [0.2, 0.25) is 0 Å². The first-order chi connectivity index (χ1) is 12.5. The molecule has 3 aromatic rings. The standard InChI is InChI=1S/C19H21N3O2S2/c1-12(19-21-14-7-4-5-8-17(14)26-19)22(3)18(24)11-15(20-13(2)23)16-9-6-10-25-16/h4-10,12,15H,11H2,1-3H3,(H,20,23)/t12-,15-/m1/s1. The molecule has 0 aliphatic rings. The molecular formula is C19H21N3O2S2. The van der Waals surface area contributed by atoms with Gasteiger partial charge in [0.15, 0.2) is 0 Å². The molecule has 0 unspecified atom stereocenters. The number of carbonyl (C=O) groups is 2. The number of nitrogens with zero attached hydrogens (tertiary/aromatic N) is 2. The first-order valence-corrected chi connectivity index (χ1v) is 10.1. The van der Waals surface area contributed by atoms with E-state index in [-0.39, 0.29) is 30.3 Å². The van der Waals surface area contributed by atoms with E-state index in [4.69, 9.17) is 0 Å². The van der Waals surface area contributed by atoms with Gasteiger partial charge in [0.25, 0.3) is 0 Å². The maximum atomic E-state index is 12.8. The molecule has 2 aromatic heterocycles. The number of thiazole rings is 1. The van der Waals surface area contributed by atoms with E-state index in [0.29, 0.717) is 0 Å². The third-order valence-electron chi connectivity index (χ3n) is 4.29. The molecule has 2 atom stereocenters. The lowest BCUT2D eigenvalue weighted by molar-refractivity contribution is -0.132. The Kier molecular flexibility index (Phi) is 5.68. The van der Waals surface area contributed by atoms with Crippen LogP contribution in [0.1, 0.15) is 42.2 Å². The van der Waals surface area contributed by atoms with E-state index < -0.39 is 0 Å². The van der Waals surface area contributed by atoms with E-state index >= 15 is 0 Å². The van der Waals surface area contributed by atoms with Crippen molar-refractivity contribution in [2.75, 3.05) is 7.05 Å². The number of hydrogen-bond donors (Lipinski definition) is 1. The molecule has 0 aliphatic carbocycles. The molecule has 0 saturated heterocycles. The van der Waals surface area contributed by atoms with Gasteiger partial charge in [0.05, 0.1) is 28.7 Å². The molecule has 2 amide bonds. The number of rotatable bonds is 6. The van der Waals surface area contributed by atoms with Gasteiger partial charge < -0.3 is 10.2 Å². The third-order valence-corrected chi connectivity index (χ3v) is 6.48. The minimum atomic E-state index is -0.301. The predicted octanol–water partition coefficient (Wildman–Crippen LogP) is 4.14. The summed E-state index contributed by atoms with van der Waals surface area (Å²) < 4.78 is 1.12. The van der Waals surface area contributed by atoms with Crippen LogP contribution in [0.25, 0.3) is 10.2 Å². The molecule has 0 fully saturated rings. The molecule has 5 nitrogen and oxygen atoms in total. The lowest BCUT2D eigenvalue weighted by Gasteiger charge is -2.25. The fourth-order valence-electron chi connectivity index (χ4n) is 2.73. The molecule has 0 spiro atoms. The number of carbonyl (C=O) groups excluding carboxylic acids is 2. The SMILES string of the molecule is CC(=O)N[C@H](CC(=O)N(C)[C@H](C)c1nc2ccccc2s1)c1cccs1. The fourth-order valence-corrected chi connectivity index (χ4v) is 4.57. The summed E-state index contributed by atoms with van der Waals surface area (Å²) in [7, 11) is 1.79. The summed E-state index contributed by atoms with van der Waals surface area (Å²) in [5.41, 5.74) is 0.954. The smallest absolute Gasteiger partial charge is 0.225 e. The second-order valence-electron chi connectivity index (χ2n) is 6.17. The Morgan fingerprint density at radius 3 is 2.65 bits per heavy atom. The van der Waals surface area contributed by atoms with E-state index in [1.54, 1.807) is 23.3 Å². The van der Waals surface area contributed by atoms with E-state index in [0.717, 1.165) is 20.1 Å². The Hall–Kier alpha value is -2.25. The summed E-state index contributed by atoms with van der Waals surface area (Å²) in [6.45, 7) is 3.45. The number of fused-ring (bicyclic) bond motifs is 1. The van der Waals surface area contributed by atoms with Crippen LogP contribution in [-0.4, -0.2) is 28.7 Å². The molecule has 3 rings (SSSR count). The second kappa shape index (κ2) is 7.97. The highest BCUT2D eigenvalue weighted by Crippen LogP contribution is 2.30. The van der Waals surface area contributed by atoms with E-state index in [1.807, 2.05) is 48.7 Å². The molecule has 1 N–H and O–H groups in total. The normalized spacial score (nSPS) is 13.3. The molecule has 2 heterocycles. The quantitative estimate of drug-likeness (QED) is 0.691. The maximum Gasteiger partial charge on any atom is 0.225 e. The largest absolute Gasteiger partial charge is 0.348 e. The van der Waals surface area contributed by atoms with Gasteiger partial charge in [-0.3, -0.25) is 9.59 Å². The van der Waals surface area contributed by atoms with Crippen LogP contribution in [-0.2, 0) is 9.59 Å². The van der Waals surface area contributed by atoms with Gasteiger partial charge in [-0.1, -0.05) is 18.2 Å².